The smallest absolute Gasteiger partial charge is 0.303 e. The van der Waals surface area contributed by atoms with Gasteiger partial charge in [-0.15, -0.1) is 0 Å². The molecule has 2 aliphatic heterocycles. The number of allylic oxidation sites excluding steroid dienone is 3. The van der Waals surface area contributed by atoms with Crippen LogP contribution in [0.5, 0.6) is 0 Å². The third kappa shape index (κ3) is 9.16. The Morgan fingerprint density at radius 2 is 1.87 bits per heavy atom. The summed E-state index contributed by atoms with van der Waals surface area (Å²) in [5.74, 6) is -0.780. The number of carboxylic acid groups (broad SMARTS) is 1. The van der Waals surface area contributed by atoms with Gasteiger partial charge in [-0.05, 0) is 57.8 Å². The van der Waals surface area contributed by atoms with E-state index in [0.29, 0.717) is 38.8 Å². The highest BCUT2D eigenvalue weighted by Crippen LogP contribution is 2.50. The predicted octanol–water partition coefficient (Wildman–Crippen LogP) is 6.51. The Hall–Kier alpha value is -1.25. The maximum atomic E-state index is 10.8. The number of carbonyl (C=O) groups is 1. The lowest BCUT2D eigenvalue weighted by atomic mass is 9.83. The molecule has 0 radical (unpaired) electrons. The van der Waals surface area contributed by atoms with E-state index < -0.39 is 11.8 Å². The van der Waals surface area contributed by atoms with E-state index in [4.69, 9.17) is 28.8 Å². The summed E-state index contributed by atoms with van der Waals surface area (Å²) in [5.41, 5.74) is -0.184. The van der Waals surface area contributed by atoms with Gasteiger partial charge in [0.15, 0.2) is 12.1 Å². The molecule has 7 heteroatoms. The average Bonchev–Trinajstić information content (AvgIpc) is 3.22. The van der Waals surface area contributed by atoms with Crippen LogP contribution in [0.15, 0.2) is 24.3 Å². The van der Waals surface area contributed by atoms with Gasteiger partial charge in [-0.1, -0.05) is 52.0 Å². The summed E-state index contributed by atoms with van der Waals surface area (Å²) >= 11 is 0. The molecule has 0 amide bonds. The van der Waals surface area contributed by atoms with Crippen molar-refractivity contribution in [2.75, 3.05) is 33.0 Å². The van der Waals surface area contributed by atoms with E-state index >= 15 is 0 Å². The zero-order chi connectivity index (χ0) is 27.7. The van der Waals surface area contributed by atoms with Crippen LogP contribution in [-0.2, 0) is 28.5 Å². The Kier molecular flexibility index (Phi) is 11.9. The molecule has 3 fully saturated rings. The van der Waals surface area contributed by atoms with Crippen LogP contribution in [0.3, 0.4) is 0 Å². The summed E-state index contributed by atoms with van der Waals surface area (Å²) in [5, 5.41) is 8.90. The predicted molar refractivity (Wildman–Crippen MR) is 148 cm³/mol. The molecule has 3 rings (SSSR count). The van der Waals surface area contributed by atoms with Crippen molar-refractivity contribution in [3.8, 4) is 0 Å². The summed E-state index contributed by atoms with van der Waals surface area (Å²) in [6.07, 6.45) is 15.9. The minimum atomic E-state index is -0.760. The molecule has 1 saturated carbocycles. The summed E-state index contributed by atoms with van der Waals surface area (Å²) in [6.45, 7) is 14.2. The molecular weight excluding hydrogens is 484 g/mol. The molecule has 38 heavy (non-hydrogen) atoms. The van der Waals surface area contributed by atoms with Crippen LogP contribution < -0.4 is 0 Å². The third-order valence-corrected chi connectivity index (χ3v) is 8.08. The first kappa shape index (κ1) is 31.3. The largest absolute Gasteiger partial charge is 0.481 e. The van der Waals surface area contributed by atoms with Gasteiger partial charge < -0.3 is 28.8 Å². The minimum Gasteiger partial charge on any atom is -0.481 e. The highest BCUT2D eigenvalue weighted by molar-refractivity contribution is 5.66. The van der Waals surface area contributed by atoms with Gasteiger partial charge in [-0.25, -0.2) is 0 Å². The summed E-state index contributed by atoms with van der Waals surface area (Å²) in [4.78, 5) is 10.8. The van der Waals surface area contributed by atoms with Crippen molar-refractivity contribution in [3.63, 3.8) is 0 Å². The SMILES string of the molecule is CCOCC(C)(C)C(C=C[C@@H]1CCC2(OCC(C)(C)CO2)[C@H]1CCC=CCCC(=O)O)OC1CCCCO1. The first-order chi connectivity index (χ1) is 18.1. The molecule has 0 bridgehead atoms. The van der Waals surface area contributed by atoms with Crippen molar-refractivity contribution in [2.24, 2.45) is 22.7 Å². The molecule has 1 aliphatic carbocycles. The van der Waals surface area contributed by atoms with Crippen molar-refractivity contribution in [1.29, 1.82) is 0 Å². The fourth-order valence-electron chi connectivity index (χ4n) is 5.70. The first-order valence-corrected chi connectivity index (χ1v) is 14.7. The molecule has 218 valence electrons. The average molecular weight is 537 g/mol. The number of hydrogen-bond donors (Lipinski definition) is 1. The number of rotatable bonds is 14. The highest BCUT2D eigenvalue weighted by atomic mass is 16.7. The van der Waals surface area contributed by atoms with Gasteiger partial charge in [0.1, 0.15) is 0 Å². The minimum absolute atomic E-state index is 0.0166. The fraction of sp³-hybridized carbons (Fsp3) is 0.839. The van der Waals surface area contributed by atoms with Crippen LogP contribution in [0.25, 0.3) is 0 Å². The molecule has 2 saturated heterocycles. The molecular formula is C31H52O7. The van der Waals surface area contributed by atoms with Crippen molar-refractivity contribution in [3.05, 3.63) is 24.3 Å². The van der Waals surface area contributed by atoms with Gasteiger partial charge in [0, 0.05) is 42.8 Å². The zero-order valence-corrected chi connectivity index (χ0v) is 24.4. The van der Waals surface area contributed by atoms with E-state index in [1.807, 2.05) is 13.0 Å². The maximum absolute atomic E-state index is 10.8. The van der Waals surface area contributed by atoms with E-state index in [2.05, 4.69) is 45.9 Å². The Bertz CT molecular complexity index is 771. The molecule has 3 aliphatic rings. The van der Waals surface area contributed by atoms with Crippen LogP contribution in [-0.4, -0.2) is 62.3 Å². The monoisotopic (exact) mass is 536 g/mol. The molecule has 7 nitrogen and oxygen atoms in total. The topological polar surface area (TPSA) is 83.5 Å². The standard InChI is InChI=1S/C31H52O7/c1-6-34-23-30(4,5)26(38-28-15-11-12-20-35-28)17-16-24-18-19-31(36-21-29(2,3)22-37-31)25(24)13-9-7-8-10-14-27(32)33/h7-8,16-17,24-26,28H,6,9-15,18-23H2,1-5H3,(H,32,33)/t24-,25+,26?,28?/m1/s1. The second-order valence-electron chi connectivity index (χ2n) is 12.7. The lowest BCUT2D eigenvalue weighted by Crippen LogP contribution is -2.50. The van der Waals surface area contributed by atoms with E-state index in [0.717, 1.165) is 51.6 Å². The van der Waals surface area contributed by atoms with Gasteiger partial charge in [-0.2, -0.15) is 0 Å². The Morgan fingerprint density at radius 3 is 2.53 bits per heavy atom. The second kappa shape index (κ2) is 14.4. The quantitative estimate of drug-likeness (QED) is 0.253. The fourth-order valence-corrected chi connectivity index (χ4v) is 5.70. The van der Waals surface area contributed by atoms with Crippen LogP contribution in [0.4, 0.5) is 0 Å². The molecule has 2 unspecified atom stereocenters. The molecule has 2 heterocycles. The number of hydrogen-bond acceptors (Lipinski definition) is 6. The zero-order valence-electron chi connectivity index (χ0n) is 24.4. The summed E-state index contributed by atoms with van der Waals surface area (Å²) in [7, 11) is 0. The van der Waals surface area contributed by atoms with E-state index in [9.17, 15) is 4.79 Å². The van der Waals surface area contributed by atoms with Crippen LogP contribution in [0.1, 0.15) is 92.4 Å². The van der Waals surface area contributed by atoms with Crippen LogP contribution >= 0.6 is 0 Å². The molecule has 0 aromatic carbocycles. The van der Waals surface area contributed by atoms with Gasteiger partial charge >= 0.3 is 5.97 Å². The van der Waals surface area contributed by atoms with Crippen LogP contribution in [0, 0.1) is 22.7 Å². The van der Waals surface area contributed by atoms with E-state index in [1.165, 1.54) is 0 Å². The van der Waals surface area contributed by atoms with Crippen molar-refractivity contribution < 1.29 is 33.6 Å². The third-order valence-electron chi connectivity index (χ3n) is 8.08. The lowest BCUT2D eigenvalue weighted by Gasteiger charge is -2.45. The molecule has 1 spiro atoms. The van der Waals surface area contributed by atoms with Gasteiger partial charge in [0.2, 0.25) is 0 Å². The van der Waals surface area contributed by atoms with Crippen molar-refractivity contribution in [2.45, 2.75) is 111 Å². The Balaban J connectivity index is 1.74. The Morgan fingerprint density at radius 1 is 1.13 bits per heavy atom. The summed E-state index contributed by atoms with van der Waals surface area (Å²) < 4.78 is 31.3. The number of carboxylic acids is 1. The summed E-state index contributed by atoms with van der Waals surface area (Å²) in [6, 6.07) is 0. The molecule has 0 aromatic heterocycles. The van der Waals surface area contributed by atoms with Gasteiger partial charge in [0.25, 0.3) is 0 Å². The number of aliphatic carboxylic acids is 1. The highest BCUT2D eigenvalue weighted by Gasteiger charge is 2.52. The number of ether oxygens (including phenoxy) is 5. The van der Waals surface area contributed by atoms with Gasteiger partial charge in [0.05, 0.1) is 25.9 Å². The van der Waals surface area contributed by atoms with E-state index in [-0.39, 0.29) is 35.6 Å². The van der Waals surface area contributed by atoms with E-state index in [1.54, 1.807) is 0 Å². The van der Waals surface area contributed by atoms with Crippen LogP contribution in [0.2, 0.25) is 0 Å². The van der Waals surface area contributed by atoms with Crippen molar-refractivity contribution in [1.82, 2.24) is 0 Å². The lowest BCUT2D eigenvalue weighted by molar-refractivity contribution is -0.316. The molecule has 4 atom stereocenters. The molecule has 1 N–H and O–H groups in total. The molecule has 0 aromatic rings. The normalized spacial score (nSPS) is 28.4. The first-order valence-electron chi connectivity index (χ1n) is 14.7. The van der Waals surface area contributed by atoms with Gasteiger partial charge in [-0.3, -0.25) is 4.79 Å². The second-order valence-corrected chi connectivity index (χ2v) is 12.7. The Labute approximate surface area is 230 Å². The van der Waals surface area contributed by atoms with Crippen molar-refractivity contribution >= 4 is 5.97 Å². The maximum Gasteiger partial charge on any atom is 0.303 e.